The van der Waals surface area contributed by atoms with Crippen molar-refractivity contribution in [3.05, 3.63) is 52.3 Å². The van der Waals surface area contributed by atoms with Gasteiger partial charge in [-0.2, -0.15) is 0 Å². The summed E-state index contributed by atoms with van der Waals surface area (Å²) < 4.78 is 0. The molecule has 1 saturated heterocycles. The van der Waals surface area contributed by atoms with Crippen LogP contribution in [0, 0.1) is 6.92 Å². The first-order valence-electron chi connectivity index (χ1n) is 9.09. The smallest absolute Gasteiger partial charge is 0.249 e. The summed E-state index contributed by atoms with van der Waals surface area (Å²) >= 11 is 6.48. The van der Waals surface area contributed by atoms with Crippen molar-refractivity contribution in [2.75, 3.05) is 11.9 Å². The second-order valence-electron chi connectivity index (χ2n) is 6.56. The summed E-state index contributed by atoms with van der Waals surface area (Å²) in [7, 11) is 1.80. The SMILES string of the molecule is C\C=C1/C(=N\C(Cl)=C(/C)CC)N(c2cccc(C)c2)C(CC)C(=O)N1C. The molecule has 26 heavy (non-hydrogen) atoms. The lowest BCUT2D eigenvalue weighted by molar-refractivity contribution is -0.129. The minimum Gasteiger partial charge on any atom is -0.312 e. The van der Waals surface area contributed by atoms with Crippen LogP contribution in [0.25, 0.3) is 0 Å². The number of amides is 1. The largest absolute Gasteiger partial charge is 0.312 e. The molecule has 2 rings (SSSR count). The molecular weight excluding hydrogens is 346 g/mol. The molecule has 4 nitrogen and oxygen atoms in total. The first kappa shape index (κ1) is 20.2. The van der Waals surface area contributed by atoms with Gasteiger partial charge in [0.25, 0.3) is 0 Å². The maximum absolute atomic E-state index is 13.0. The molecule has 1 atom stereocenters. The van der Waals surface area contributed by atoms with E-state index in [1.54, 1.807) is 11.9 Å². The van der Waals surface area contributed by atoms with Gasteiger partial charge < -0.3 is 9.80 Å². The van der Waals surface area contributed by atoms with Gasteiger partial charge in [-0.05, 0) is 56.9 Å². The summed E-state index contributed by atoms with van der Waals surface area (Å²) in [5, 5.41) is 0.483. The average molecular weight is 374 g/mol. The number of hydrogen-bond donors (Lipinski definition) is 0. The summed E-state index contributed by atoms with van der Waals surface area (Å²) in [6.07, 6.45) is 3.43. The van der Waals surface area contributed by atoms with Crippen molar-refractivity contribution in [2.24, 2.45) is 4.99 Å². The van der Waals surface area contributed by atoms with Crippen LogP contribution < -0.4 is 4.90 Å². The molecule has 1 aliphatic rings. The minimum atomic E-state index is -0.310. The average Bonchev–Trinajstić information content (AvgIpc) is 2.63. The van der Waals surface area contributed by atoms with Crippen LogP contribution in [-0.4, -0.2) is 29.7 Å². The van der Waals surface area contributed by atoms with Crippen molar-refractivity contribution in [3.63, 3.8) is 0 Å². The number of carbonyl (C=O) groups is 1. The Kier molecular flexibility index (Phi) is 6.65. The first-order chi connectivity index (χ1) is 12.3. The number of halogens is 1. The monoisotopic (exact) mass is 373 g/mol. The highest BCUT2D eigenvalue weighted by atomic mass is 35.5. The summed E-state index contributed by atoms with van der Waals surface area (Å²) in [6.45, 7) is 10.0. The topological polar surface area (TPSA) is 35.9 Å². The molecule has 0 spiro atoms. The number of aryl methyl sites for hydroxylation is 1. The van der Waals surface area contributed by atoms with Gasteiger partial charge in [-0.25, -0.2) is 4.99 Å². The number of rotatable bonds is 4. The number of nitrogens with zero attached hydrogens (tertiary/aromatic N) is 3. The van der Waals surface area contributed by atoms with Crippen LogP contribution in [0.5, 0.6) is 0 Å². The number of allylic oxidation sites excluding steroid dienone is 2. The van der Waals surface area contributed by atoms with Crippen molar-refractivity contribution in [3.8, 4) is 0 Å². The zero-order chi connectivity index (χ0) is 19.4. The van der Waals surface area contributed by atoms with Gasteiger partial charge in [0.15, 0.2) is 5.84 Å². The highest BCUT2D eigenvalue weighted by Crippen LogP contribution is 2.31. The number of likely N-dealkylation sites (N-methyl/N-ethyl adjacent to an activating group) is 1. The summed E-state index contributed by atoms with van der Waals surface area (Å²) in [4.78, 5) is 21.4. The Balaban J connectivity index is 2.73. The molecule has 1 aromatic carbocycles. The van der Waals surface area contributed by atoms with Gasteiger partial charge in [0.2, 0.25) is 5.91 Å². The molecule has 0 N–H and O–H groups in total. The predicted octanol–water partition coefficient (Wildman–Crippen LogP) is 5.23. The number of amidine groups is 1. The van der Waals surface area contributed by atoms with E-state index in [1.165, 1.54) is 0 Å². The molecule has 5 heteroatoms. The predicted molar refractivity (Wildman–Crippen MR) is 111 cm³/mol. The lowest BCUT2D eigenvalue weighted by Crippen LogP contribution is -2.57. The number of anilines is 1. The molecule has 0 aromatic heterocycles. The molecule has 0 bridgehead atoms. The zero-order valence-electron chi connectivity index (χ0n) is 16.5. The van der Waals surface area contributed by atoms with E-state index in [2.05, 4.69) is 13.0 Å². The fraction of sp³-hybridized carbons (Fsp3) is 0.429. The third-order valence-electron chi connectivity index (χ3n) is 4.77. The minimum absolute atomic E-state index is 0.0633. The van der Waals surface area contributed by atoms with Crippen LogP contribution >= 0.6 is 11.6 Å². The van der Waals surface area contributed by atoms with Gasteiger partial charge >= 0.3 is 0 Å². The number of aliphatic imine (C=N–C) groups is 1. The normalized spacial score (nSPS) is 22.3. The molecule has 0 saturated carbocycles. The van der Waals surface area contributed by atoms with E-state index in [0.29, 0.717) is 17.4 Å². The number of benzene rings is 1. The Morgan fingerprint density at radius 3 is 2.58 bits per heavy atom. The summed E-state index contributed by atoms with van der Waals surface area (Å²) in [6, 6.07) is 7.83. The second kappa shape index (κ2) is 8.54. The Morgan fingerprint density at radius 2 is 2.04 bits per heavy atom. The van der Waals surface area contributed by atoms with E-state index in [1.807, 2.05) is 56.9 Å². The Bertz CT molecular complexity index is 779. The maximum atomic E-state index is 13.0. The lowest BCUT2D eigenvalue weighted by atomic mass is 10.0. The molecule has 1 amide bonds. The van der Waals surface area contributed by atoms with E-state index >= 15 is 0 Å². The van der Waals surface area contributed by atoms with Crippen molar-refractivity contribution in [1.82, 2.24) is 4.90 Å². The maximum Gasteiger partial charge on any atom is 0.249 e. The highest BCUT2D eigenvalue weighted by Gasteiger charge is 2.39. The molecule has 140 valence electrons. The van der Waals surface area contributed by atoms with E-state index in [4.69, 9.17) is 16.6 Å². The van der Waals surface area contributed by atoms with Crippen molar-refractivity contribution < 1.29 is 4.79 Å². The molecule has 0 aliphatic carbocycles. The van der Waals surface area contributed by atoms with Crippen LogP contribution in [0.15, 0.2) is 51.8 Å². The molecule has 1 unspecified atom stereocenters. The van der Waals surface area contributed by atoms with Crippen molar-refractivity contribution in [1.29, 1.82) is 0 Å². The van der Waals surface area contributed by atoms with E-state index < -0.39 is 0 Å². The van der Waals surface area contributed by atoms with Crippen LogP contribution in [0.4, 0.5) is 5.69 Å². The Labute approximate surface area is 161 Å². The van der Waals surface area contributed by atoms with Crippen molar-refractivity contribution in [2.45, 2.75) is 53.5 Å². The van der Waals surface area contributed by atoms with Gasteiger partial charge in [-0.3, -0.25) is 4.79 Å². The summed E-state index contributed by atoms with van der Waals surface area (Å²) in [5.41, 5.74) is 3.88. The van der Waals surface area contributed by atoms with Crippen LogP contribution in [0.3, 0.4) is 0 Å². The molecule has 1 aromatic rings. The zero-order valence-corrected chi connectivity index (χ0v) is 17.3. The standard InChI is InChI=1S/C21H28ClN3O/c1-7-15(5)19(22)23-20-17(8-2)24(6)21(26)18(9-3)25(20)16-12-10-11-14(4)13-16/h8,10-13,18H,7,9H2,1-6H3/b17-8+,19-15+,23-20+. The lowest BCUT2D eigenvalue weighted by Gasteiger charge is -2.42. The van der Waals surface area contributed by atoms with Gasteiger partial charge in [-0.15, -0.1) is 0 Å². The third-order valence-corrected chi connectivity index (χ3v) is 5.18. The van der Waals surface area contributed by atoms with Gasteiger partial charge in [0, 0.05) is 12.7 Å². The van der Waals surface area contributed by atoms with Gasteiger partial charge in [0.1, 0.15) is 11.2 Å². The second-order valence-corrected chi connectivity index (χ2v) is 6.92. The molecule has 1 fully saturated rings. The van der Waals surface area contributed by atoms with Gasteiger partial charge in [0.05, 0.1) is 5.70 Å². The highest BCUT2D eigenvalue weighted by molar-refractivity contribution is 6.31. The molecule has 1 aliphatic heterocycles. The Morgan fingerprint density at radius 1 is 1.35 bits per heavy atom. The molecule has 1 heterocycles. The number of piperazine rings is 1. The van der Waals surface area contributed by atoms with Crippen LogP contribution in [0.2, 0.25) is 0 Å². The molecule has 0 radical (unpaired) electrons. The van der Waals surface area contributed by atoms with E-state index in [0.717, 1.165) is 28.9 Å². The fourth-order valence-electron chi connectivity index (χ4n) is 3.08. The van der Waals surface area contributed by atoms with Gasteiger partial charge in [-0.1, -0.05) is 43.7 Å². The quantitative estimate of drug-likeness (QED) is 0.677. The third kappa shape index (κ3) is 3.85. The van der Waals surface area contributed by atoms with Crippen molar-refractivity contribution >= 4 is 29.0 Å². The Hall–Kier alpha value is -2.07. The first-order valence-corrected chi connectivity index (χ1v) is 9.47. The van der Waals surface area contributed by atoms with Crippen LogP contribution in [-0.2, 0) is 4.79 Å². The van der Waals surface area contributed by atoms with E-state index in [9.17, 15) is 4.79 Å². The van der Waals surface area contributed by atoms with E-state index in [-0.39, 0.29) is 11.9 Å². The number of hydrogen-bond acceptors (Lipinski definition) is 2. The summed E-state index contributed by atoms with van der Waals surface area (Å²) in [5.74, 6) is 0.776. The van der Waals surface area contributed by atoms with Crippen LogP contribution in [0.1, 0.15) is 46.1 Å². The fourth-order valence-corrected chi connectivity index (χ4v) is 3.29. The molecular formula is C21H28ClN3O. The number of carbonyl (C=O) groups excluding carboxylic acids is 1.